The van der Waals surface area contributed by atoms with Gasteiger partial charge in [-0.1, -0.05) is 25.5 Å². The first-order valence-electron chi connectivity index (χ1n) is 5.76. The minimum atomic E-state index is 0.121. The van der Waals surface area contributed by atoms with E-state index >= 15 is 0 Å². The zero-order valence-electron chi connectivity index (χ0n) is 9.24. The van der Waals surface area contributed by atoms with E-state index in [2.05, 4.69) is 18.3 Å². The minimum Gasteiger partial charge on any atom is -0.392 e. The standard InChI is InChI=1S/C13H19NO/c1-10-4-2-7-13(10)14-12-6-3-5-11(8-12)9-15/h3,5-6,8,10,13-15H,2,4,7,9H2,1H3. The maximum absolute atomic E-state index is 9.05. The van der Waals surface area contributed by atoms with Gasteiger partial charge in [0.1, 0.15) is 0 Å². The molecule has 2 nitrogen and oxygen atoms in total. The number of hydrogen-bond donors (Lipinski definition) is 2. The van der Waals surface area contributed by atoms with Crippen LogP contribution in [0.4, 0.5) is 5.69 Å². The molecule has 2 N–H and O–H groups in total. The van der Waals surface area contributed by atoms with E-state index in [0.29, 0.717) is 6.04 Å². The average Bonchev–Trinajstić information content (AvgIpc) is 2.65. The molecule has 0 amide bonds. The quantitative estimate of drug-likeness (QED) is 0.795. The van der Waals surface area contributed by atoms with Crippen LogP contribution in [0.5, 0.6) is 0 Å². The lowest BCUT2D eigenvalue weighted by Gasteiger charge is -2.19. The molecule has 2 rings (SSSR count). The van der Waals surface area contributed by atoms with Gasteiger partial charge in [0.2, 0.25) is 0 Å². The lowest BCUT2D eigenvalue weighted by atomic mass is 10.1. The summed E-state index contributed by atoms with van der Waals surface area (Å²) in [6.07, 6.45) is 3.93. The fraction of sp³-hybridized carbons (Fsp3) is 0.538. The molecule has 2 heteroatoms. The molecule has 1 saturated carbocycles. The summed E-state index contributed by atoms with van der Waals surface area (Å²) in [5.41, 5.74) is 2.12. The summed E-state index contributed by atoms with van der Waals surface area (Å²) in [5, 5.41) is 12.6. The van der Waals surface area contributed by atoms with Crippen LogP contribution in [0.3, 0.4) is 0 Å². The van der Waals surface area contributed by atoms with Crippen LogP contribution >= 0.6 is 0 Å². The third kappa shape index (κ3) is 2.51. The molecule has 1 aliphatic rings. The first-order chi connectivity index (χ1) is 7.29. The molecule has 0 bridgehead atoms. The largest absolute Gasteiger partial charge is 0.392 e. The first-order valence-corrected chi connectivity index (χ1v) is 5.76. The van der Waals surface area contributed by atoms with Crippen molar-refractivity contribution < 1.29 is 5.11 Å². The molecule has 1 fully saturated rings. The Bertz CT molecular complexity index is 324. The van der Waals surface area contributed by atoms with Gasteiger partial charge in [0.25, 0.3) is 0 Å². The highest BCUT2D eigenvalue weighted by molar-refractivity contribution is 5.46. The van der Waals surface area contributed by atoms with Gasteiger partial charge < -0.3 is 10.4 Å². The molecular weight excluding hydrogens is 186 g/mol. The van der Waals surface area contributed by atoms with E-state index < -0.39 is 0 Å². The Hall–Kier alpha value is -1.02. The van der Waals surface area contributed by atoms with Crippen LogP contribution in [0.2, 0.25) is 0 Å². The van der Waals surface area contributed by atoms with Crippen LogP contribution in [0.1, 0.15) is 31.7 Å². The van der Waals surface area contributed by atoms with Gasteiger partial charge in [0.05, 0.1) is 6.61 Å². The summed E-state index contributed by atoms with van der Waals surface area (Å²) in [6, 6.07) is 8.66. The number of anilines is 1. The molecule has 0 aromatic heterocycles. The Kier molecular flexibility index (Phi) is 3.27. The molecular formula is C13H19NO. The Morgan fingerprint density at radius 3 is 2.93 bits per heavy atom. The molecule has 1 aromatic rings. The zero-order valence-corrected chi connectivity index (χ0v) is 9.24. The molecule has 1 aromatic carbocycles. The number of nitrogens with one attached hydrogen (secondary N) is 1. The highest BCUT2D eigenvalue weighted by Crippen LogP contribution is 2.28. The summed E-state index contributed by atoms with van der Waals surface area (Å²) in [4.78, 5) is 0. The van der Waals surface area contributed by atoms with Crippen LogP contribution in [0.25, 0.3) is 0 Å². The van der Waals surface area contributed by atoms with E-state index in [1.807, 2.05) is 18.2 Å². The van der Waals surface area contributed by atoms with E-state index in [-0.39, 0.29) is 6.61 Å². The Balaban J connectivity index is 2.03. The van der Waals surface area contributed by atoms with E-state index in [4.69, 9.17) is 5.11 Å². The SMILES string of the molecule is CC1CCCC1Nc1cccc(CO)c1. The second-order valence-electron chi connectivity index (χ2n) is 4.52. The fourth-order valence-electron chi connectivity index (χ4n) is 2.33. The number of hydrogen-bond acceptors (Lipinski definition) is 2. The van der Waals surface area contributed by atoms with Crippen molar-refractivity contribution in [1.82, 2.24) is 0 Å². The molecule has 1 aliphatic carbocycles. The van der Waals surface area contributed by atoms with Crippen molar-refractivity contribution in [2.24, 2.45) is 5.92 Å². The van der Waals surface area contributed by atoms with Gasteiger partial charge in [-0.25, -0.2) is 0 Å². The van der Waals surface area contributed by atoms with Crippen LogP contribution in [0, 0.1) is 5.92 Å². The summed E-state index contributed by atoms with van der Waals surface area (Å²) in [5.74, 6) is 0.766. The van der Waals surface area contributed by atoms with Crippen molar-refractivity contribution in [2.45, 2.75) is 38.8 Å². The number of aliphatic hydroxyl groups is 1. The molecule has 2 unspecified atom stereocenters. The van der Waals surface area contributed by atoms with Gasteiger partial charge in [0.15, 0.2) is 0 Å². The first kappa shape index (κ1) is 10.5. The molecule has 0 radical (unpaired) electrons. The topological polar surface area (TPSA) is 32.3 Å². The Morgan fingerprint density at radius 2 is 2.27 bits per heavy atom. The van der Waals surface area contributed by atoms with Gasteiger partial charge in [-0.2, -0.15) is 0 Å². The van der Waals surface area contributed by atoms with Crippen LogP contribution in [-0.2, 0) is 6.61 Å². The van der Waals surface area contributed by atoms with E-state index in [1.54, 1.807) is 0 Å². The molecule has 0 spiro atoms. The van der Waals surface area contributed by atoms with E-state index in [0.717, 1.165) is 17.2 Å². The van der Waals surface area contributed by atoms with Crippen molar-refractivity contribution in [3.63, 3.8) is 0 Å². The summed E-state index contributed by atoms with van der Waals surface area (Å²) in [7, 11) is 0. The lowest BCUT2D eigenvalue weighted by Crippen LogP contribution is -2.21. The van der Waals surface area contributed by atoms with Gasteiger partial charge in [-0.15, -0.1) is 0 Å². The van der Waals surface area contributed by atoms with Crippen molar-refractivity contribution >= 4 is 5.69 Å². The summed E-state index contributed by atoms with van der Waals surface area (Å²) >= 11 is 0. The molecule has 0 saturated heterocycles. The monoisotopic (exact) mass is 205 g/mol. The fourth-order valence-corrected chi connectivity index (χ4v) is 2.33. The number of benzene rings is 1. The predicted molar refractivity (Wildman–Crippen MR) is 62.8 cm³/mol. The Morgan fingerprint density at radius 1 is 1.40 bits per heavy atom. The zero-order chi connectivity index (χ0) is 10.7. The van der Waals surface area contributed by atoms with Gasteiger partial charge in [-0.3, -0.25) is 0 Å². The van der Waals surface area contributed by atoms with Crippen molar-refractivity contribution in [3.8, 4) is 0 Å². The number of rotatable bonds is 3. The lowest BCUT2D eigenvalue weighted by molar-refractivity contribution is 0.282. The van der Waals surface area contributed by atoms with Crippen molar-refractivity contribution in [2.75, 3.05) is 5.32 Å². The molecule has 0 heterocycles. The molecule has 2 atom stereocenters. The summed E-state index contributed by atoms with van der Waals surface area (Å²) < 4.78 is 0. The maximum atomic E-state index is 9.05. The normalized spacial score (nSPS) is 25.5. The second kappa shape index (κ2) is 4.67. The minimum absolute atomic E-state index is 0.121. The van der Waals surface area contributed by atoms with Crippen LogP contribution < -0.4 is 5.32 Å². The van der Waals surface area contributed by atoms with Crippen LogP contribution in [-0.4, -0.2) is 11.1 Å². The van der Waals surface area contributed by atoms with Gasteiger partial charge in [0, 0.05) is 11.7 Å². The molecule has 82 valence electrons. The number of aliphatic hydroxyl groups excluding tert-OH is 1. The average molecular weight is 205 g/mol. The third-order valence-electron chi connectivity index (χ3n) is 3.32. The highest BCUT2D eigenvalue weighted by atomic mass is 16.3. The summed E-state index contributed by atoms with van der Waals surface area (Å²) in [6.45, 7) is 2.43. The smallest absolute Gasteiger partial charge is 0.0682 e. The Labute approximate surface area is 91.3 Å². The van der Waals surface area contributed by atoms with Gasteiger partial charge >= 0.3 is 0 Å². The highest BCUT2D eigenvalue weighted by Gasteiger charge is 2.22. The van der Waals surface area contributed by atoms with Crippen molar-refractivity contribution in [3.05, 3.63) is 29.8 Å². The second-order valence-corrected chi connectivity index (χ2v) is 4.52. The van der Waals surface area contributed by atoms with Gasteiger partial charge in [-0.05, 0) is 36.5 Å². The molecule has 0 aliphatic heterocycles. The van der Waals surface area contributed by atoms with E-state index in [9.17, 15) is 0 Å². The van der Waals surface area contributed by atoms with E-state index in [1.165, 1.54) is 19.3 Å². The predicted octanol–water partition coefficient (Wildman–Crippen LogP) is 2.78. The van der Waals surface area contributed by atoms with Crippen LogP contribution in [0.15, 0.2) is 24.3 Å². The third-order valence-corrected chi connectivity index (χ3v) is 3.32. The van der Waals surface area contributed by atoms with Crippen molar-refractivity contribution in [1.29, 1.82) is 0 Å². The molecule has 15 heavy (non-hydrogen) atoms. The maximum Gasteiger partial charge on any atom is 0.0682 e.